The first-order valence-corrected chi connectivity index (χ1v) is 15.3. The smallest absolute Gasteiger partial charge is 0.264 e. The van der Waals surface area contributed by atoms with Crippen LogP contribution < -0.4 is 14.4 Å². The number of carbonyl (C=O) groups is 2. The first kappa shape index (κ1) is 31.7. The first-order chi connectivity index (χ1) is 19.5. The summed E-state index contributed by atoms with van der Waals surface area (Å²) in [5.74, 6) is -0.0801. The van der Waals surface area contributed by atoms with Crippen LogP contribution in [-0.4, -0.2) is 50.9 Å². The molecular formula is C32H41N3O5S. The molecule has 0 aliphatic rings. The van der Waals surface area contributed by atoms with Crippen LogP contribution in [0.3, 0.4) is 0 Å². The van der Waals surface area contributed by atoms with Crippen molar-refractivity contribution < 1.29 is 22.7 Å². The molecule has 1 N–H and O–H groups in total. The van der Waals surface area contributed by atoms with E-state index in [1.807, 2.05) is 58.9 Å². The van der Waals surface area contributed by atoms with Gasteiger partial charge in [0, 0.05) is 12.6 Å². The summed E-state index contributed by atoms with van der Waals surface area (Å²) in [7, 11) is -2.54. The number of nitrogens with one attached hydrogen (secondary N) is 1. The molecule has 0 aliphatic heterocycles. The maximum Gasteiger partial charge on any atom is 0.264 e. The normalized spacial score (nSPS) is 12.7. The second-order valence-electron chi connectivity index (χ2n) is 10.2. The van der Waals surface area contributed by atoms with Gasteiger partial charge in [-0.3, -0.25) is 13.9 Å². The highest BCUT2D eigenvalue weighted by molar-refractivity contribution is 7.92. The zero-order valence-corrected chi connectivity index (χ0v) is 25.6. The van der Waals surface area contributed by atoms with Gasteiger partial charge >= 0.3 is 0 Å². The fourth-order valence-corrected chi connectivity index (χ4v) is 6.00. The van der Waals surface area contributed by atoms with Crippen molar-refractivity contribution in [2.75, 3.05) is 18.0 Å². The van der Waals surface area contributed by atoms with E-state index in [0.29, 0.717) is 23.4 Å². The van der Waals surface area contributed by atoms with Crippen molar-refractivity contribution in [3.05, 3.63) is 89.5 Å². The number of carbonyl (C=O) groups excluding carboxylic acids is 2. The average Bonchev–Trinajstić information content (AvgIpc) is 2.97. The Morgan fingerprint density at radius 1 is 0.927 bits per heavy atom. The number of anilines is 1. The molecule has 0 radical (unpaired) electrons. The van der Waals surface area contributed by atoms with E-state index in [0.717, 1.165) is 21.9 Å². The minimum Gasteiger partial charge on any atom is -0.497 e. The van der Waals surface area contributed by atoms with Crippen LogP contribution in [0, 0.1) is 13.8 Å². The van der Waals surface area contributed by atoms with Crippen LogP contribution in [0.5, 0.6) is 5.75 Å². The zero-order valence-electron chi connectivity index (χ0n) is 24.8. The van der Waals surface area contributed by atoms with Crippen LogP contribution >= 0.6 is 0 Å². The minimum atomic E-state index is -4.11. The molecule has 3 aromatic carbocycles. The lowest BCUT2D eigenvalue weighted by Crippen LogP contribution is -2.53. The van der Waals surface area contributed by atoms with Gasteiger partial charge in [-0.2, -0.15) is 0 Å². The summed E-state index contributed by atoms with van der Waals surface area (Å²) in [5, 5.41) is 2.99. The Balaban J connectivity index is 2.08. The van der Waals surface area contributed by atoms with Gasteiger partial charge in [0.2, 0.25) is 11.8 Å². The summed E-state index contributed by atoms with van der Waals surface area (Å²) < 4.78 is 34.4. The van der Waals surface area contributed by atoms with Gasteiger partial charge in [0.25, 0.3) is 10.0 Å². The van der Waals surface area contributed by atoms with E-state index < -0.39 is 28.5 Å². The molecule has 3 aromatic rings. The highest BCUT2D eigenvalue weighted by Gasteiger charge is 2.34. The van der Waals surface area contributed by atoms with Crippen LogP contribution in [-0.2, 0) is 26.2 Å². The molecule has 0 saturated heterocycles. The Morgan fingerprint density at radius 3 is 2.17 bits per heavy atom. The van der Waals surface area contributed by atoms with Gasteiger partial charge in [-0.25, -0.2) is 8.42 Å². The van der Waals surface area contributed by atoms with E-state index >= 15 is 0 Å². The third-order valence-electron chi connectivity index (χ3n) is 7.14. The number of sulfonamides is 1. The molecule has 0 heterocycles. The summed E-state index contributed by atoms with van der Waals surface area (Å²) in [5.41, 5.74) is 2.79. The molecule has 2 atom stereocenters. The summed E-state index contributed by atoms with van der Waals surface area (Å²) >= 11 is 0. The lowest BCUT2D eigenvalue weighted by molar-refractivity contribution is -0.140. The fraction of sp³-hybridized carbons (Fsp3) is 0.375. The van der Waals surface area contributed by atoms with Gasteiger partial charge in [-0.05, 0) is 80.6 Å². The largest absolute Gasteiger partial charge is 0.497 e. The molecule has 9 heteroatoms. The molecule has 0 bridgehead atoms. The van der Waals surface area contributed by atoms with Crippen molar-refractivity contribution in [3.63, 3.8) is 0 Å². The number of methoxy groups -OCH3 is 1. The minimum absolute atomic E-state index is 0.0700. The quantitative estimate of drug-likeness (QED) is 0.299. The number of nitrogens with zero attached hydrogens (tertiary/aromatic N) is 2. The van der Waals surface area contributed by atoms with E-state index in [2.05, 4.69) is 5.32 Å². The van der Waals surface area contributed by atoms with Gasteiger partial charge < -0.3 is 15.0 Å². The Hall–Kier alpha value is -3.85. The third-order valence-corrected chi connectivity index (χ3v) is 8.92. The molecule has 220 valence electrons. The SMILES string of the molecule is CC[C@@H](C)NC(=O)[C@H](CC)N(Cc1ccc(OC)cc1)C(=O)CN(c1cc(C)ccc1C)S(=O)(=O)c1ccccc1. The van der Waals surface area contributed by atoms with E-state index in [1.54, 1.807) is 43.5 Å². The van der Waals surface area contributed by atoms with Gasteiger partial charge in [0.15, 0.2) is 0 Å². The third kappa shape index (κ3) is 7.88. The Morgan fingerprint density at radius 2 is 1.59 bits per heavy atom. The standard InChI is InChI=1S/C32H41N3O5S/c1-7-25(5)33-32(37)29(8-2)34(21-26-16-18-27(40-6)19-17-26)31(36)22-35(30-20-23(3)14-15-24(30)4)41(38,39)28-12-10-9-11-13-28/h9-20,25,29H,7-8,21-22H2,1-6H3,(H,33,37)/t25-,29+/m1/s1. The number of hydrogen-bond acceptors (Lipinski definition) is 5. The predicted molar refractivity (Wildman–Crippen MR) is 162 cm³/mol. The van der Waals surface area contributed by atoms with Crippen LogP contribution in [0.15, 0.2) is 77.7 Å². The number of hydrogen-bond donors (Lipinski definition) is 1. The number of benzene rings is 3. The highest BCUT2D eigenvalue weighted by atomic mass is 32.2. The molecule has 3 rings (SSSR count). The van der Waals surface area contributed by atoms with Crippen molar-refractivity contribution in [1.29, 1.82) is 0 Å². The van der Waals surface area contributed by atoms with Crippen molar-refractivity contribution >= 4 is 27.5 Å². The summed E-state index contributed by atoms with van der Waals surface area (Å²) in [6.07, 6.45) is 1.10. The van der Waals surface area contributed by atoms with Gasteiger partial charge in [-0.15, -0.1) is 0 Å². The van der Waals surface area contributed by atoms with Crippen molar-refractivity contribution in [3.8, 4) is 5.75 Å². The topological polar surface area (TPSA) is 96.0 Å². The number of rotatable bonds is 13. The number of aryl methyl sites for hydroxylation is 2. The molecule has 0 spiro atoms. The van der Waals surface area contributed by atoms with Crippen molar-refractivity contribution in [2.45, 2.75) is 71.0 Å². The van der Waals surface area contributed by atoms with Gasteiger partial charge in [0.1, 0.15) is 18.3 Å². The monoisotopic (exact) mass is 579 g/mol. The Kier molecular flexibility index (Phi) is 10.9. The van der Waals surface area contributed by atoms with E-state index in [1.165, 1.54) is 17.0 Å². The van der Waals surface area contributed by atoms with Crippen LogP contribution in [0.4, 0.5) is 5.69 Å². The first-order valence-electron chi connectivity index (χ1n) is 13.9. The molecule has 8 nitrogen and oxygen atoms in total. The molecule has 0 fully saturated rings. The molecule has 0 aliphatic carbocycles. The Bertz CT molecular complexity index is 1430. The second kappa shape index (κ2) is 14.2. The highest BCUT2D eigenvalue weighted by Crippen LogP contribution is 2.28. The number of ether oxygens (including phenoxy) is 1. The maximum absolute atomic E-state index is 14.2. The zero-order chi connectivity index (χ0) is 30.2. The van der Waals surface area contributed by atoms with E-state index in [9.17, 15) is 18.0 Å². The van der Waals surface area contributed by atoms with E-state index in [-0.39, 0.29) is 23.4 Å². The van der Waals surface area contributed by atoms with Gasteiger partial charge in [-0.1, -0.05) is 56.3 Å². The molecular weight excluding hydrogens is 538 g/mol. The summed E-state index contributed by atoms with van der Waals surface area (Å²) in [6.45, 7) is 9.08. The second-order valence-corrected chi connectivity index (χ2v) is 12.1. The summed E-state index contributed by atoms with van der Waals surface area (Å²) in [6, 6.07) is 20.0. The number of amides is 2. The van der Waals surface area contributed by atoms with Crippen molar-refractivity contribution in [2.24, 2.45) is 0 Å². The molecule has 0 saturated carbocycles. The molecule has 2 amide bonds. The summed E-state index contributed by atoms with van der Waals surface area (Å²) in [4.78, 5) is 29.2. The van der Waals surface area contributed by atoms with Crippen molar-refractivity contribution in [1.82, 2.24) is 10.2 Å². The lowest BCUT2D eigenvalue weighted by atomic mass is 10.1. The van der Waals surface area contributed by atoms with Gasteiger partial charge in [0.05, 0.1) is 17.7 Å². The van der Waals surface area contributed by atoms with Crippen LogP contribution in [0.1, 0.15) is 50.3 Å². The van der Waals surface area contributed by atoms with Crippen LogP contribution in [0.25, 0.3) is 0 Å². The maximum atomic E-state index is 14.2. The Labute approximate surface area is 244 Å². The fourth-order valence-electron chi connectivity index (χ4n) is 4.51. The molecule has 0 unspecified atom stereocenters. The molecule has 0 aromatic heterocycles. The predicted octanol–water partition coefficient (Wildman–Crippen LogP) is 5.23. The average molecular weight is 580 g/mol. The molecule has 41 heavy (non-hydrogen) atoms. The van der Waals surface area contributed by atoms with Crippen LogP contribution in [0.2, 0.25) is 0 Å². The lowest BCUT2D eigenvalue weighted by Gasteiger charge is -2.34. The van der Waals surface area contributed by atoms with E-state index in [4.69, 9.17) is 4.74 Å².